The molecule has 1 heterocycles. The number of halogens is 1. The van der Waals surface area contributed by atoms with Crippen LogP contribution in [0.3, 0.4) is 0 Å². The molecule has 0 saturated carbocycles. The van der Waals surface area contributed by atoms with Gasteiger partial charge in [-0.2, -0.15) is 5.26 Å². The van der Waals surface area contributed by atoms with Crippen molar-refractivity contribution in [3.63, 3.8) is 0 Å². The number of sulfonamides is 1. The van der Waals surface area contributed by atoms with E-state index >= 15 is 0 Å². The summed E-state index contributed by atoms with van der Waals surface area (Å²) in [7, 11) is -3.83. The Morgan fingerprint density at radius 3 is 2.25 bits per heavy atom. The van der Waals surface area contributed by atoms with Gasteiger partial charge in [-0.25, -0.2) is 22.9 Å². The number of nitrogens with zero attached hydrogens (tertiary/aromatic N) is 2. The van der Waals surface area contributed by atoms with E-state index in [4.69, 9.17) is 9.88 Å². The monoisotopic (exact) mass is 397 g/mol. The van der Waals surface area contributed by atoms with E-state index in [2.05, 4.69) is 11.1 Å². The molecule has 0 aliphatic carbocycles. The second-order valence-corrected chi connectivity index (χ2v) is 7.42. The highest BCUT2D eigenvalue weighted by molar-refractivity contribution is 7.89. The topological polar surface area (TPSA) is 106 Å². The van der Waals surface area contributed by atoms with Crippen LogP contribution >= 0.6 is 0 Å². The standard InChI is InChI=1S/C20H16FN3O3S/c1-2-27-20-15(12-22)11-18(13-5-9-17(10-6-13)28(23,25)26)19(24-20)14-3-7-16(21)8-4-14/h3-11H,2H2,1H3,(H2,23,25,26). The number of benzene rings is 2. The van der Waals surface area contributed by atoms with Gasteiger partial charge in [0.2, 0.25) is 15.9 Å². The fourth-order valence-electron chi connectivity index (χ4n) is 2.70. The predicted molar refractivity (Wildman–Crippen MR) is 102 cm³/mol. The first-order valence-electron chi connectivity index (χ1n) is 8.30. The van der Waals surface area contributed by atoms with Crippen LogP contribution in [0.1, 0.15) is 12.5 Å². The van der Waals surface area contributed by atoms with Gasteiger partial charge in [-0.1, -0.05) is 12.1 Å². The third kappa shape index (κ3) is 4.01. The quantitative estimate of drug-likeness (QED) is 0.709. The molecule has 0 bridgehead atoms. The van der Waals surface area contributed by atoms with Crippen molar-refractivity contribution in [3.05, 3.63) is 66.0 Å². The molecule has 1 aromatic heterocycles. The van der Waals surface area contributed by atoms with E-state index in [9.17, 15) is 18.1 Å². The summed E-state index contributed by atoms with van der Waals surface area (Å²) in [4.78, 5) is 4.44. The van der Waals surface area contributed by atoms with E-state index in [1.807, 2.05) is 0 Å². The lowest BCUT2D eigenvalue weighted by Crippen LogP contribution is -2.11. The van der Waals surface area contributed by atoms with Gasteiger partial charge in [-0.3, -0.25) is 0 Å². The zero-order valence-corrected chi connectivity index (χ0v) is 15.7. The third-order valence-electron chi connectivity index (χ3n) is 4.00. The molecule has 0 unspecified atom stereocenters. The van der Waals surface area contributed by atoms with Crippen molar-refractivity contribution < 1.29 is 17.5 Å². The molecule has 0 spiro atoms. The van der Waals surface area contributed by atoms with Gasteiger partial charge in [0, 0.05) is 11.1 Å². The van der Waals surface area contributed by atoms with E-state index in [-0.39, 0.29) is 22.2 Å². The maximum Gasteiger partial charge on any atom is 0.238 e. The van der Waals surface area contributed by atoms with Crippen LogP contribution in [0.4, 0.5) is 4.39 Å². The van der Waals surface area contributed by atoms with Gasteiger partial charge in [-0.05, 0) is 55.0 Å². The Morgan fingerprint density at radius 1 is 1.11 bits per heavy atom. The van der Waals surface area contributed by atoms with Crippen LogP contribution in [-0.4, -0.2) is 20.0 Å². The molecule has 0 radical (unpaired) electrons. The first-order chi connectivity index (χ1) is 13.3. The second kappa shape index (κ2) is 7.76. The highest BCUT2D eigenvalue weighted by atomic mass is 32.2. The highest BCUT2D eigenvalue weighted by Gasteiger charge is 2.17. The maximum atomic E-state index is 13.3. The third-order valence-corrected chi connectivity index (χ3v) is 4.93. The maximum absolute atomic E-state index is 13.3. The minimum absolute atomic E-state index is 0.0287. The summed E-state index contributed by atoms with van der Waals surface area (Å²) in [5.74, 6) is -0.212. The lowest BCUT2D eigenvalue weighted by molar-refractivity contribution is 0.326. The molecule has 2 aromatic carbocycles. The molecule has 3 rings (SSSR count). The second-order valence-electron chi connectivity index (χ2n) is 5.86. The number of aromatic nitrogens is 1. The summed E-state index contributed by atoms with van der Waals surface area (Å²) in [6.45, 7) is 2.10. The van der Waals surface area contributed by atoms with Crippen molar-refractivity contribution in [2.75, 3.05) is 6.61 Å². The molecule has 0 aliphatic heterocycles. The molecule has 0 saturated heterocycles. The Balaban J connectivity index is 2.23. The molecule has 0 atom stereocenters. The molecule has 6 nitrogen and oxygen atoms in total. The molecule has 2 N–H and O–H groups in total. The number of hydrogen-bond donors (Lipinski definition) is 1. The minimum Gasteiger partial charge on any atom is -0.477 e. The van der Waals surface area contributed by atoms with Gasteiger partial charge in [0.15, 0.2) is 0 Å². The van der Waals surface area contributed by atoms with Gasteiger partial charge >= 0.3 is 0 Å². The van der Waals surface area contributed by atoms with Gasteiger partial charge in [0.05, 0.1) is 17.2 Å². The summed E-state index contributed by atoms with van der Waals surface area (Å²) in [6, 6.07) is 15.3. The van der Waals surface area contributed by atoms with E-state index < -0.39 is 10.0 Å². The number of nitrogens with two attached hydrogens (primary N) is 1. The highest BCUT2D eigenvalue weighted by Crippen LogP contribution is 2.35. The van der Waals surface area contributed by atoms with Crippen LogP contribution in [-0.2, 0) is 10.0 Å². The van der Waals surface area contributed by atoms with Crippen molar-refractivity contribution in [2.24, 2.45) is 5.14 Å². The summed E-state index contributed by atoms with van der Waals surface area (Å²) in [5, 5.41) is 14.6. The zero-order valence-electron chi connectivity index (χ0n) is 14.9. The normalized spacial score (nSPS) is 11.1. The average molecular weight is 397 g/mol. The molecular weight excluding hydrogens is 381 g/mol. The van der Waals surface area contributed by atoms with Crippen molar-refractivity contribution >= 4 is 10.0 Å². The van der Waals surface area contributed by atoms with Crippen molar-refractivity contribution in [1.82, 2.24) is 4.98 Å². The molecule has 28 heavy (non-hydrogen) atoms. The number of pyridine rings is 1. The van der Waals surface area contributed by atoms with E-state index in [0.717, 1.165) is 0 Å². The smallest absolute Gasteiger partial charge is 0.238 e. The van der Waals surface area contributed by atoms with Crippen molar-refractivity contribution in [2.45, 2.75) is 11.8 Å². The van der Waals surface area contributed by atoms with Crippen LogP contribution in [0.5, 0.6) is 5.88 Å². The Morgan fingerprint density at radius 2 is 1.71 bits per heavy atom. The summed E-state index contributed by atoms with van der Waals surface area (Å²) < 4.78 is 41.8. The lowest BCUT2D eigenvalue weighted by atomic mass is 9.98. The Labute approximate surface area is 162 Å². The van der Waals surface area contributed by atoms with Crippen molar-refractivity contribution in [1.29, 1.82) is 5.26 Å². The van der Waals surface area contributed by atoms with Crippen molar-refractivity contribution in [3.8, 4) is 34.3 Å². The Kier molecular flexibility index (Phi) is 5.40. The van der Waals surface area contributed by atoms with Crippen LogP contribution < -0.4 is 9.88 Å². The minimum atomic E-state index is -3.83. The Bertz CT molecular complexity index is 1150. The van der Waals surface area contributed by atoms with Crippen LogP contribution in [0.15, 0.2) is 59.5 Å². The number of nitriles is 1. The number of rotatable bonds is 5. The van der Waals surface area contributed by atoms with Gasteiger partial charge in [0.1, 0.15) is 17.4 Å². The first kappa shape index (κ1) is 19.5. The largest absolute Gasteiger partial charge is 0.477 e. The molecule has 142 valence electrons. The number of primary sulfonamides is 1. The molecule has 0 aliphatic rings. The van der Waals surface area contributed by atoms with Crippen LogP contribution in [0, 0.1) is 17.1 Å². The Hall–Kier alpha value is -3.28. The molecule has 0 amide bonds. The summed E-state index contributed by atoms with van der Waals surface area (Å²) in [5.41, 5.74) is 2.53. The van der Waals surface area contributed by atoms with E-state index in [1.54, 1.807) is 37.3 Å². The van der Waals surface area contributed by atoms with Crippen LogP contribution in [0.2, 0.25) is 0 Å². The SMILES string of the molecule is CCOc1nc(-c2ccc(F)cc2)c(-c2ccc(S(N)(=O)=O)cc2)cc1C#N. The molecule has 0 fully saturated rings. The van der Waals surface area contributed by atoms with E-state index in [1.165, 1.54) is 24.3 Å². The first-order valence-corrected chi connectivity index (χ1v) is 9.85. The molecule has 3 aromatic rings. The lowest BCUT2D eigenvalue weighted by Gasteiger charge is -2.14. The van der Waals surface area contributed by atoms with Gasteiger partial charge < -0.3 is 4.74 Å². The van der Waals surface area contributed by atoms with Crippen LogP contribution in [0.25, 0.3) is 22.4 Å². The van der Waals surface area contributed by atoms with Gasteiger partial charge in [0.25, 0.3) is 0 Å². The fraction of sp³-hybridized carbons (Fsp3) is 0.100. The molecular formula is C20H16FN3O3S. The molecule has 8 heteroatoms. The number of ether oxygens (including phenoxy) is 1. The summed E-state index contributed by atoms with van der Waals surface area (Å²) >= 11 is 0. The van der Waals surface area contributed by atoms with E-state index in [0.29, 0.717) is 29.0 Å². The van der Waals surface area contributed by atoms with Gasteiger partial charge in [-0.15, -0.1) is 0 Å². The number of hydrogen-bond acceptors (Lipinski definition) is 5. The predicted octanol–water partition coefficient (Wildman–Crippen LogP) is 3.47. The fourth-order valence-corrected chi connectivity index (χ4v) is 3.21. The zero-order chi connectivity index (χ0) is 20.3. The average Bonchev–Trinajstić information content (AvgIpc) is 2.68. The summed E-state index contributed by atoms with van der Waals surface area (Å²) in [6.07, 6.45) is 0.